The third-order valence-electron chi connectivity index (χ3n) is 2.89. The predicted molar refractivity (Wildman–Crippen MR) is 71.5 cm³/mol. The molecule has 0 aromatic carbocycles. The third kappa shape index (κ3) is 4.43. The van der Waals surface area contributed by atoms with Crippen LogP contribution >= 0.6 is 11.3 Å². The highest BCUT2D eigenvalue weighted by Gasteiger charge is 2.13. The van der Waals surface area contributed by atoms with Gasteiger partial charge in [-0.15, -0.1) is 11.3 Å². The van der Waals surface area contributed by atoms with Gasteiger partial charge in [-0.3, -0.25) is 0 Å². The van der Waals surface area contributed by atoms with Crippen molar-refractivity contribution in [1.29, 1.82) is 0 Å². The fourth-order valence-corrected chi connectivity index (χ4v) is 2.71. The van der Waals surface area contributed by atoms with Gasteiger partial charge in [-0.1, -0.05) is 11.8 Å². The van der Waals surface area contributed by atoms with Gasteiger partial charge in [0.25, 0.3) is 0 Å². The molecule has 1 aliphatic heterocycles. The summed E-state index contributed by atoms with van der Waals surface area (Å²) < 4.78 is 11.1. The standard InChI is InChI=1S/C14H18O3S/c15-7-1-2-13-3-4-14(18-13)11-17-10-12-5-8-16-9-6-12/h3-4,12,15H,5-11H2. The Balaban J connectivity index is 1.71. The van der Waals surface area contributed by atoms with Crippen molar-refractivity contribution in [3.63, 3.8) is 0 Å². The van der Waals surface area contributed by atoms with Gasteiger partial charge in [-0.05, 0) is 30.9 Å². The molecule has 4 heteroatoms. The molecule has 0 amide bonds. The van der Waals surface area contributed by atoms with Gasteiger partial charge in [0.15, 0.2) is 0 Å². The van der Waals surface area contributed by atoms with E-state index in [1.807, 2.05) is 12.1 Å². The van der Waals surface area contributed by atoms with Crippen LogP contribution in [0.4, 0.5) is 0 Å². The molecule has 2 heterocycles. The van der Waals surface area contributed by atoms with E-state index < -0.39 is 0 Å². The lowest BCUT2D eigenvalue weighted by Crippen LogP contribution is -2.19. The summed E-state index contributed by atoms with van der Waals surface area (Å²) in [5.74, 6) is 6.19. The van der Waals surface area contributed by atoms with Crippen molar-refractivity contribution in [3.8, 4) is 11.8 Å². The van der Waals surface area contributed by atoms with Crippen molar-refractivity contribution in [2.75, 3.05) is 26.4 Å². The number of rotatable bonds is 4. The molecular weight excluding hydrogens is 248 g/mol. The molecule has 1 aliphatic rings. The zero-order valence-electron chi connectivity index (χ0n) is 10.4. The molecule has 1 saturated heterocycles. The van der Waals surface area contributed by atoms with Crippen LogP contribution in [-0.2, 0) is 16.1 Å². The van der Waals surface area contributed by atoms with Crippen LogP contribution < -0.4 is 0 Å². The second-order valence-electron chi connectivity index (χ2n) is 4.30. The summed E-state index contributed by atoms with van der Waals surface area (Å²) in [6.45, 7) is 3.12. The minimum atomic E-state index is -0.0898. The smallest absolute Gasteiger partial charge is 0.104 e. The maximum absolute atomic E-state index is 8.62. The van der Waals surface area contributed by atoms with E-state index >= 15 is 0 Å². The second kappa shape index (κ2) is 7.55. The third-order valence-corrected chi connectivity index (χ3v) is 3.87. The van der Waals surface area contributed by atoms with Gasteiger partial charge < -0.3 is 14.6 Å². The highest BCUT2D eigenvalue weighted by molar-refractivity contribution is 7.12. The van der Waals surface area contributed by atoms with Gasteiger partial charge in [0.1, 0.15) is 6.61 Å². The maximum Gasteiger partial charge on any atom is 0.104 e. The average Bonchev–Trinajstić information content (AvgIpc) is 2.85. The summed E-state index contributed by atoms with van der Waals surface area (Å²) in [6.07, 6.45) is 2.22. The van der Waals surface area contributed by atoms with E-state index in [2.05, 4.69) is 11.8 Å². The first-order valence-corrected chi connectivity index (χ1v) is 7.04. The van der Waals surface area contributed by atoms with Crippen LogP contribution in [-0.4, -0.2) is 31.5 Å². The van der Waals surface area contributed by atoms with Gasteiger partial charge in [-0.2, -0.15) is 0 Å². The Morgan fingerprint density at radius 3 is 3.00 bits per heavy atom. The molecule has 1 N–H and O–H groups in total. The summed E-state index contributed by atoms with van der Waals surface area (Å²) in [5.41, 5.74) is 0. The monoisotopic (exact) mass is 266 g/mol. The topological polar surface area (TPSA) is 38.7 Å². The molecule has 3 nitrogen and oxygen atoms in total. The molecule has 1 aromatic rings. The van der Waals surface area contributed by atoms with Gasteiger partial charge >= 0.3 is 0 Å². The molecule has 1 aromatic heterocycles. The first-order chi connectivity index (χ1) is 8.88. The number of thiophene rings is 1. The largest absolute Gasteiger partial charge is 0.384 e. The zero-order chi connectivity index (χ0) is 12.6. The minimum Gasteiger partial charge on any atom is -0.384 e. The number of aliphatic hydroxyl groups excluding tert-OH is 1. The number of aliphatic hydroxyl groups is 1. The van der Waals surface area contributed by atoms with E-state index in [4.69, 9.17) is 14.6 Å². The molecule has 0 aliphatic carbocycles. The van der Waals surface area contributed by atoms with Gasteiger partial charge in [0, 0.05) is 18.1 Å². The van der Waals surface area contributed by atoms with Gasteiger partial charge in [-0.25, -0.2) is 0 Å². The molecule has 0 spiro atoms. The first-order valence-electron chi connectivity index (χ1n) is 6.22. The summed E-state index contributed by atoms with van der Waals surface area (Å²) in [7, 11) is 0. The van der Waals surface area contributed by atoms with Gasteiger partial charge in [0.05, 0.1) is 18.1 Å². The van der Waals surface area contributed by atoms with Crippen molar-refractivity contribution in [1.82, 2.24) is 0 Å². The molecule has 0 unspecified atom stereocenters. The van der Waals surface area contributed by atoms with Crippen LogP contribution in [0.25, 0.3) is 0 Å². The zero-order valence-corrected chi connectivity index (χ0v) is 11.2. The molecular formula is C14H18O3S. The van der Waals surface area contributed by atoms with Crippen molar-refractivity contribution in [2.24, 2.45) is 5.92 Å². The lowest BCUT2D eigenvalue weighted by molar-refractivity contribution is 0.0163. The Hall–Kier alpha value is -0.860. The molecule has 98 valence electrons. The number of hydrogen-bond donors (Lipinski definition) is 1. The summed E-state index contributed by atoms with van der Waals surface area (Å²) >= 11 is 1.63. The maximum atomic E-state index is 8.62. The SMILES string of the molecule is OCC#Cc1ccc(COCC2CCOCC2)s1. The van der Waals surface area contributed by atoms with Crippen LogP contribution in [0, 0.1) is 17.8 Å². The number of ether oxygens (including phenoxy) is 2. The number of hydrogen-bond acceptors (Lipinski definition) is 4. The van der Waals surface area contributed by atoms with Crippen LogP contribution in [0.2, 0.25) is 0 Å². The highest BCUT2D eigenvalue weighted by Crippen LogP contribution is 2.19. The average molecular weight is 266 g/mol. The Labute approximate surface area is 112 Å². The molecule has 0 bridgehead atoms. The van der Waals surface area contributed by atoms with Crippen LogP contribution in [0.15, 0.2) is 12.1 Å². The second-order valence-corrected chi connectivity index (χ2v) is 5.47. The van der Waals surface area contributed by atoms with Crippen molar-refractivity contribution >= 4 is 11.3 Å². The molecule has 0 atom stereocenters. The van der Waals surface area contributed by atoms with E-state index in [1.165, 1.54) is 4.88 Å². The van der Waals surface area contributed by atoms with E-state index in [1.54, 1.807) is 11.3 Å². The first kappa shape index (κ1) is 13.6. The summed E-state index contributed by atoms with van der Waals surface area (Å²) in [5, 5.41) is 8.62. The Kier molecular flexibility index (Phi) is 5.69. The van der Waals surface area contributed by atoms with E-state index in [-0.39, 0.29) is 6.61 Å². The fourth-order valence-electron chi connectivity index (χ4n) is 1.89. The lowest BCUT2D eigenvalue weighted by atomic mass is 10.0. The molecule has 2 rings (SSSR count). The fraction of sp³-hybridized carbons (Fsp3) is 0.571. The minimum absolute atomic E-state index is 0.0898. The highest BCUT2D eigenvalue weighted by atomic mass is 32.1. The van der Waals surface area contributed by atoms with E-state index in [9.17, 15) is 0 Å². The quantitative estimate of drug-likeness (QED) is 0.848. The van der Waals surface area contributed by atoms with Gasteiger partial charge in [0.2, 0.25) is 0 Å². The van der Waals surface area contributed by atoms with E-state index in [0.717, 1.165) is 37.5 Å². The van der Waals surface area contributed by atoms with Crippen LogP contribution in [0.3, 0.4) is 0 Å². The molecule has 0 radical (unpaired) electrons. The Bertz CT molecular complexity index is 410. The Morgan fingerprint density at radius 2 is 2.22 bits per heavy atom. The predicted octanol–water partition coefficient (Wildman–Crippen LogP) is 2.04. The molecule has 1 fully saturated rings. The normalized spacial score (nSPS) is 16.3. The lowest BCUT2D eigenvalue weighted by Gasteiger charge is -2.21. The summed E-state index contributed by atoms with van der Waals surface area (Å²) in [4.78, 5) is 2.16. The molecule has 18 heavy (non-hydrogen) atoms. The molecule has 0 saturated carbocycles. The van der Waals surface area contributed by atoms with E-state index in [0.29, 0.717) is 12.5 Å². The van der Waals surface area contributed by atoms with Crippen molar-refractivity contribution < 1.29 is 14.6 Å². The Morgan fingerprint density at radius 1 is 1.39 bits per heavy atom. The van der Waals surface area contributed by atoms with Crippen LogP contribution in [0.5, 0.6) is 0 Å². The van der Waals surface area contributed by atoms with Crippen molar-refractivity contribution in [2.45, 2.75) is 19.4 Å². The summed E-state index contributed by atoms with van der Waals surface area (Å²) in [6, 6.07) is 4.01. The van der Waals surface area contributed by atoms with Crippen molar-refractivity contribution in [3.05, 3.63) is 21.9 Å². The van der Waals surface area contributed by atoms with Crippen LogP contribution in [0.1, 0.15) is 22.6 Å².